The predicted molar refractivity (Wildman–Crippen MR) is 88.7 cm³/mol. The first-order valence-electron chi connectivity index (χ1n) is 8.40. The van der Waals surface area contributed by atoms with Gasteiger partial charge in [0.1, 0.15) is 12.2 Å². The molecule has 1 aliphatic rings. The molecule has 0 spiro atoms. The molecule has 118 valence electrons. The summed E-state index contributed by atoms with van der Waals surface area (Å²) in [4.78, 5) is 6.92. The Morgan fingerprint density at radius 2 is 2.05 bits per heavy atom. The van der Waals surface area contributed by atoms with Crippen LogP contribution < -0.4 is 0 Å². The van der Waals surface area contributed by atoms with Crippen molar-refractivity contribution in [1.29, 1.82) is 0 Å². The van der Waals surface area contributed by atoms with Gasteiger partial charge in [-0.15, -0.1) is 0 Å². The van der Waals surface area contributed by atoms with Gasteiger partial charge in [0.25, 0.3) is 0 Å². The molecule has 4 heteroatoms. The van der Waals surface area contributed by atoms with Gasteiger partial charge < -0.3 is 4.90 Å². The molecule has 3 rings (SSSR count). The van der Waals surface area contributed by atoms with Gasteiger partial charge in [-0.3, -0.25) is 0 Å². The lowest BCUT2D eigenvalue weighted by Crippen LogP contribution is -2.32. The Balaban J connectivity index is 1.51. The number of aromatic nitrogens is 3. The molecular weight excluding hydrogens is 272 g/mol. The van der Waals surface area contributed by atoms with Gasteiger partial charge in [0.05, 0.1) is 0 Å². The van der Waals surface area contributed by atoms with E-state index in [1.807, 2.05) is 0 Å². The van der Waals surface area contributed by atoms with E-state index >= 15 is 0 Å². The SMILES string of the molecule is CN1CCCC(CCc2ncnn2CCc2ccccc2)C1. The normalized spacial score (nSPS) is 19.4. The summed E-state index contributed by atoms with van der Waals surface area (Å²) in [6.45, 7) is 3.41. The van der Waals surface area contributed by atoms with Crippen molar-refractivity contribution in [2.24, 2.45) is 5.92 Å². The van der Waals surface area contributed by atoms with Gasteiger partial charge in [0, 0.05) is 19.5 Å². The minimum absolute atomic E-state index is 0.818. The molecule has 1 atom stereocenters. The van der Waals surface area contributed by atoms with Crippen LogP contribution in [0.15, 0.2) is 36.7 Å². The van der Waals surface area contributed by atoms with Gasteiger partial charge in [0.2, 0.25) is 0 Å². The number of hydrogen-bond donors (Lipinski definition) is 0. The standard InChI is InChI=1S/C18H26N4/c1-21-12-5-8-17(14-21)9-10-18-19-15-20-22(18)13-11-16-6-3-2-4-7-16/h2-4,6-7,15,17H,5,8-14H2,1H3. The zero-order chi connectivity index (χ0) is 15.2. The van der Waals surface area contributed by atoms with Crippen molar-refractivity contribution in [3.63, 3.8) is 0 Å². The summed E-state index contributed by atoms with van der Waals surface area (Å²) < 4.78 is 2.08. The van der Waals surface area contributed by atoms with E-state index in [4.69, 9.17) is 0 Å². The molecule has 0 N–H and O–H groups in total. The van der Waals surface area contributed by atoms with Crippen molar-refractivity contribution in [2.45, 2.75) is 38.6 Å². The Hall–Kier alpha value is -1.68. The number of likely N-dealkylation sites (tertiary alicyclic amines) is 1. The average molecular weight is 298 g/mol. The first-order chi connectivity index (χ1) is 10.8. The second-order valence-electron chi connectivity index (χ2n) is 6.44. The Labute approximate surface area is 133 Å². The Morgan fingerprint density at radius 1 is 1.18 bits per heavy atom. The minimum Gasteiger partial charge on any atom is -0.306 e. The van der Waals surface area contributed by atoms with E-state index in [2.05, 4.69) is 57.0 Å². The zero-order valence-electron chi connectivity index (χ0n) is 13.5. The smallest absolute Gasteiger partial charge is 0.138 e. The fraction of sp³-hybridized carbons (Fsp3) is 0.556. The van der Waals surface area contributed by atoms with Crippen LogP contribution in [0.2, 0.25) is 0 Å². The topological polar surface area (TPSA) is 34.0 Å². The maximum atomic E-state index is 4.47. The Bertz CT molecular complexity index is 563. The van der Waals surface area contributed by atoms with E-state index in [9.17, 15) is 0 Å². The van der Waals surface area contributed by atoms with Crippen molar-refractivity contribution >= 4 is 0 Å². The van der Waals surface area contributed by atoms with Gasteiger partial charge in [-0.1, -0.05) is 30.3 Å². The average Bonchev–Trinajstić information content (AvgIpc) is 2.99. The number of rotatable bonds is 6. The number of nitrogens with zero attached hydrogens (tertiary/aromatic N) is 4. The zero-order valence-corrected chi connectivity index (χ0v) is 13.5. The van der Waals surface area contributed by atoms with Crippen molar-refractivity contribution < 1.29 is 0 Å². The van der Waals surface area contributed by atoms with Crippen LogP contribution in [0, 0.1) is 5.92 Å². The first kappa shape index (κ1) is 15.2. The predicted octanol–water partition coefficient (Wildman–Crippen LogP) is 2.80. The van der Waals surface area contributed by atoms with Crippen LogP contribution in [-0.2, 0) is 19.4 Å². The Morgan fingerprint density at radius 3 is 2.86 bits per heavy atom. The Kier molecular flexibility index (Phi) is 5.22. The minimum atomic E-state index is 0.818. The molecular formula is C18H26N4. The molecule has 0 aliphatic carbocycles. The van der Waals surface area contributed by atoms with Gasteiger partial charge in [-0.05, 0) is 50.8 Å². The summed E-state index contributed by atoms with van der Waals surface area (Å²) in [6.07, 6.45) is 7.70. The summed E-state index contributed by atoms with van der Waals surface area (Å²) >= 11 is 0. The van der Waals surface area contributed by atoms with Crippen molar-refractivity contribution in [1.82, 2.24) is 19.7 Å². The maximum absolute atomic E-state index is 4.47. The number of benzene rings is 1. The lowest BCUT2D eigenvalue weighted by molar-refractivity contribution is 0.201. The van der Waals surface area contributed by atoms with Crippen LogP contribution in [0.1, 0.15) is 30.7 Å². The van der Waals surface area contributed by atoms with Crippen molar-refractivity contribution in [3.8, 4) is 0 Å². The summed E-state index contributed by atoms with van der Waals surface area (Å²) in [5, 5.41) is 4.41. The van der Waals surface area contributed by atoms with E-state index in [0.717, 1.165) is 31.1 Å². The molecule has 1 saturated heterocycles. The third kappa shape index (κ3) is 4.17. The van der Waals surface area contributed by atoms with Crippen molar-refractivity contribution in [3.05, 3.63) is 48.0 Å². The quantitative estimate of drug-likeness (QED) is 0.822. The summed E-state index contributed by atoms with van der Waals surface area (Å²) in [7, 11) is 2.23. The van der Waals surface area contributed by atoms with E-state index < -0.39 is 0 Å². The fourth-order valence-corrected chi connectivity index (χ4v) is 3.39. The monoisotopic (exact) mass is 298 g/mol. The lowest BCUT2D eigenvalue weighted by Gasteiger charge is -2.29. The van der Waals surface area contributed by atoms with Crippen LogP contribution in [-0.4, -0.2) is 39.8 Å². The molecule has 4 nitrogen and oxygen atoms in total. The van der Waals surface area contributed by atoms with Gasteiger partial charge in [-0.25, -0.2) is 9.67 Å². The molecule has 0 saturated carbocycles. The molecule has 0 radical (unpaired) electrons. The van der Waals surface area contributed by atoms with Crippen LogP contribution >= 0.6 is 0 Å². The third-order valence-electron chi connectivity index (χ3n) is 4.65. The fourth-order valence-electron chi connectivity index (χ4n) is 3.39. The van der Waals surface area contributed by atoms with Crippen LogP contribution in [0.25, 0.3) is 0 Å². The summed E-state index contributed by atoms with van der Waals surface area (Å²) in [6, 6.07) is 10.6. The highest BCUT2D eigenvalue weighted by Gasteiger charge is 2.17. The molecule has 22 heavy (non-hydrogen) atoms. The van der Waals surface area contributed by atoms with Crippen LogP contribution in [0.5, 0.6) is 0 Å². The molecule has 1 aromatic carbocycles. The highest BCUT2D eigenvalue weighted by molar-refractivity contribution is 5.14. The number of piperidine rings is 1. The van der Waals surface area contributed by atoms with E-state index in [1.165, 1.54) is 37.9 Å². The van der Waals surface area contributed by atoms with Crippen molar-refractivity contribution in [2.75, 3.05) is 20.1 Å². The first-order valence-corrected chi connectivity index (χ1v) is 8.40. The lowest BCUT2D eigenvalue weighted by atomic mass is 9.93. The molecule has 1 aromatic heterocycles. The summed E-state index contributed by atoms with van der Waals surface area (Å²) in [5.41, 5.74) is 1.36. The van der Waals surface area contributed by atoms with E-state index in [-0.39, 0.29) is 0 Å². The molecule has 0 amide bonds. The molecule has 2 heterocycles. The van der Waals surface area contributed by atoms with E-state index in [1.54, 1.807) is 6.33 Å². The maximum Gasteiger partial charge on any atom is 0.138 e. The molecule has 1 fully saturated rings. The second-order valence-corrected chi connectivity index (χ2v) is 6.44. The van der Waals surface area contributed by atoms with Gasteiger partial charge >= 0.3 is 0 Å². The number of hydrogen-bond acceptors (Lipinski definition) is 3. The summed E-state index contributed by atoms with van der Waals surface area (Å²) in [5.74, 6) is 1.96. The third-order valence-corrected chi connectivity index (χ3v) is 4.65. The van der Waals surface area contributed by atoms with Gasteiger partial charge in [-0.2, -0.15) is 5.10 Å². The molecule has 1 aliphatic heterocycles. The van der Waals surface area contributed by atoms with Crippen LogP contribution in [0.4, 0.5) is 0 Å². The molecule has 2 aromatic rings. The second kappa shape index (κ2) is 7.54. The van der Waals surface area contributed by atoms with E-state index in [0.29, 0.717) is 0 Å². The highest BCUT2D eigenvalue weighted by Crippen LogP contribution is 2.20. The van der Waals surface area contributed by atoms with Crippen LogP contribution in [0.3, 0.4) is 0 Å². The molecule has 0 bridgehead atoms. The highest BCUT2D eigenvalue weighted by atomic mass is 15.3. The largest absolute Gasteiger partial charge is 0.306 e. The van der Waals surface area contributed by atoms with Gasteiger partial charge in [0.15, 0.2) is 0 Å². The molecule has 1 unspecified atom stereocenters. The number of aryl methyl sites for hydroxylation is 3.